The lowest BCUT2D eigenvalue weighted by molar-refractivity contribution is 0.0370. The lowest BCUT2D eigenvalue weighted by Crippen LogP contribution is -2.63. The summed E-state index contributed by atoms with van der Waals surface area (Å²) in [6.45, 7) is 14.6. The van der Waals surface area contributed by atoms with E-state index in [1.54, 1.807) is 4.90 Å². The highest BCUT2D eigenvalue weighted by molar-refractivity contribution is 6.27. The van der Waals surface area contributed by atoms with Gasteiger partial charge in [0.2, 0.25) is 0 Å². The highest BCUT2D eigenvalue weighted by Crippen LogP contribution is 2.39. The molecular formula is C25H33N3O2. The van der Waals surface area contributed by atoms with Gasteiger partial charge in [-0.1, -0.05) is 12.1 Å². The zero-order valence-electron chi connectivity index (χ0n) is 19.0. The first-order valence-corrected chi connectivity index (χ1v) is 11.1. The van der Waals surface area contributed by atoms with E-state index in [0.29, 0.717) is 11.1 Å². The van der Waals surface area contributed by atoms with Gasteiger partial charge in [0.05, 0.1) is 0 Å². The first kappa shape index (κ1) is 20.9. The SMILES string of the molecule is CCN(CC)c1ccc2c3c(cccc13)C(=O)N(C1CC(C)(C)NC(C)(C)C1)C2=O. The molecule has 30 heavy (non-hydrogen) atoms. The third-order valence-electron chi connectivity index (χ3n) is 6.55. The molecule has 0 radical (unpaired) electrons. The number of anilines is 1. The Morgan fingerprint density at radius 3 is 2.07 bits per heavy atom. The van der Waals surface area contributed by atoms with Crippen molar-refractivity contribution in [3.8, 4) is 0 Å². The Hall–Kier alpha value is -2.40. The molecule has 2 aliphatic heterocycles. The molecule has 1 fully saturated rings. The van der Waals surface area contributed by atoms with Crippen molar-refractivity contribution in [1.82, 2.24) is 10.2 Å². The van der Waals surface area contributed by atoms with Gasteiger partial charge in [-0.3, -0.25) is 14.5 Å². The van der Waals surface area contributed by atoms with Gasteiger partial charge in [0, 0.05) is 57.8 Å². The molecular weight excluding hydrogens is 374 g/mol. The van der Waals surface area contributed by atoms with Crippen LogP contribution < -0.4 is 10.2 Å². The maximum atomic E-state index is 13.6. The van der Waals surface area contributed by atoms with E-state index in [1.807, 2.05) is 30.3 Å². The van der Waals surface area contributed by atoms with Crippen LogP contribution in [0.5, 0.6) is 0 Å². The van der Waals surface area contributed by atoms with Crippen molar-refractivity contribution in [2.75, 3.05) is 18.0 Å². The molecule has 0 unspecified atom stereocenters. The van der Waals surface area contributed by atoms with E-state index in [1.165, 1.54) is 0 Å². The molecule has 2 aromatic carbocycles. The fourth-order valence-corrected chi connectivity index (χ4v) is 5.72. The van der Waals surface area contributed by atoms with Crippen molar-refractivity contribution < 1.29 is 9.59 Å². The highest BCUT2D eigenvalue weighted by atomic mass is 16.2. The predicted molar refractivity (Wildman–Crippen MR) is 122 cm³/mol. The van der Waals surface area contributed by atoms with Gasteiger partial charge in [0.15, 0.2) is 0 Å². The molecule has 2 amide bonds. The molecule has 2 aliphatic rings. The quantitative estimate of drug-likeness (QED) is 0.753. The van der Waals surface area contributed by atoms with Crippen LogP contribution in [0.2, 0.25) is 0 Å². The maximum Gasteiger partial charge on any atom is 0.261 e. The Labute approximate surface area is 179 Å². The molecule has 0 aliphatic carbocycles. The average Bonchev–Trinajstić information content (AvgIpc) is 2.65. The number of carbonyl (C=O) groups is 2. The standard InChI is InChI=1S/C25H33N3O2/c1-7-27(8-2)20-13-12-19-21-17(20)10-9-11-18(21)22(29)28(23(19)30)16-14-24(3,4)26-25(5,6)15-16/h9-13,16,26H,7-8,14-15H2,1-6H3. The van der Waals surface area contributed by atoms with Crippen LogP contribution >= 0.6 is 0 Å². The van der Waals surface area contributed by atoms with Crippen molar-refractivity contribution in [2.24, 2.45) is 0 Å². The van der Waals surface area contributed by atoms with Crippen molar-refractivity contribution in [3.05, 3.63) is 41.5 Å². The smallest absolute Gasteiger partial charge is 0.261 e. The normalized spacial score (nSPS) is 20.7. The maximum absolute atomic E-state index is 13.6. The first-order chi connectivity index (χ1) is 14.1. The van der Waals surface area contributed by atoms with Gasteiger partial charge in [0.1, 0.15) is 0 Å². The molecule has 0 spiro atoms. The van der Waals surface area contributed by atoms with Gasteiger partial charge in [-0.25, -0.2) is 0 Å². The van der Waals surface area contributed by atoms with Gasteiger partial charge in [-0.15, -0.1) is 0 Å². The van der Waals surface area contributed by atoms with Crippen LogP contribution in [-0.2, 0) is 0 Å². The summed E-state index contributed by atoms with van der Waals surface area (Å²) in [5, 5.41) is 5.44. The number of rotatable bonds is 4. The predicted octanol–water partition coefficient (Wildman–Crippen LogP) is 4.59. The molecule has 5 nitrogen and oxygen atoms in total. The second-order valence-corrected chi connectivity index (χ2v) is 9.97. The summed E-state index contributed by atoms with van der Waals surface area (Å²) in [5.74, 6) is -0.318. The number of hydrogen-bond acceptors (Lipinski definition) is 4. The van der Waals surface area contributed by atoms with Crippen LogP contribution in [0, 0.1) is 0 Å². The molecule has 4 rings (SSSR count). The summed E-state index contributed by atoms with van der Waals surface area (Å²) in [6, 6.07) is 9.67. The third-order valence-corrected chi connectivity index (χ3v) is 6.55. The van der Waals surface area contributed by atoms with E-state index in [4.69, 9.17) is 0 Å². The highest BCUT2D eigenvalue weighted by Gasteiger charge is 2.45. The Kier molecular flexibility index (Phi) is 4.93. The molecule has 1 saturated heterocycles. The summed E-state index contributed by atoms with van der Waals surface area (Å²) >= 11 is 0. The number of piperidine rings is 1. The molecule has 0 aromatic heterocycles. The number of benzene rings is 2. The molecule has 160 valence electrons. The number of nitrogens with one attached hydrogen (secondary N) is 1. The lowest BCUT2D eigenvalue weighted by atomic mass is 9.78. The zero-order chi connectivity index (χ0) is 21.8. The lowest BCUT2D eigenvalue weighted by Gasteiger charge is -2.49. The van der Waals surface area contributed by atoms with Gasteiger partial charge in [-0.2, -0.15) is 0 Å². The fourth-order valence-electron chi connectivity index (χ4n) is 5.72. The minimum absolute atomic E-state index is 0.123. The molecule has 5 heteroatoms. The van der Waals surface area contributed by atoms with Crippen molar-refractivity contribution in [2.45, 2.75) is 71.5 Å². The molecule has 1 N–H and O–H groups in total. The Morgan fingerprint density at radius 2 is 1.50 bits per heavy atom. The van der Waals surface area contributed by atoms with E-state index >= 15 is 0 Å². The molecule has 2 aromatic rings. The second-order valence-electron chi connectivity index (χ2n) is 9.97. The van der Waals surface area contributed by atoms with E-state index in [-0.39, 0.29) is 28.9 Å². The summed E-state index contributed by atoms with van der Waals surface area (Å²) in [7, 11) is 0. The Morgan fingerprint density at radius 1 is 0.933 bits per heavy atom. The third kappa shape index (κ3) is 3.29. The van der Waals surface area contributed by atoms with Crippen LogP contribution in [0.3, 0.4) is 0 Å². The van der Waals surface area contributed by atoms with Crippen LogP contribution in [0.15, 0.2) is 30.3 Å². The number of hydrogen-bond donors (Lipinski definition) is 1. The van der Waals surface area contributed by atoms with Crippen molar-refractivity contribution >= 4 is 28.3 Å². The molecule has 0 atom stereocenters. The van der Waals surface area contributed by atoms with Gasteiger partial charge in [0.25, 0.3) is 11.8 Å². The summed E-state index contributed by atoms with van der Waals surface area (Å²) < 4.78 is 0. The fraction of sp³-hybridized carbons (Fsp3) is 0.520. The zero-order valence-corrected chi connectivity index (χ0v) is 19.0. The minimum Gasteiger partial charge on any atom is -0.372 e. The monoisotopic (exact) mass is 407 g/mol. The van der Waals surface area contributed by atoms with Crippen molar-refractivity contribution in [1.29, 1.82) is 0 Å². The summed E-state index contributed by atoms with van der Waals surface area (Å²) in [5.41, 5.74) is 2.08. The van der Waals surface area contributed by atoms with Gasteiger partial charge < -0.3 is 10.2 Å². The van der Waals surface area contributed by atoms with E-state index in [9.17, 15) is 9.59 Å². The van der Waals surface area contributed by atoms with Crippen LogP contribution in [0.25, 0.3) is 10.8 Å². The average molecular weight is 408 g/mol. The molecule has 2 heterocycles. The van der Waals surface area contributed by atoms with E-state index < -0.39 is 0 Å². The topological polar surface area (TPSA) is 52.7 Å². The van der Waals surface area contributed by atoms with Gasteiger partial charge in [-0.05, 0) is 72.6 Å². The number of amides is 2. The van der Waals surface area contributed by atoms with Crippen LogP contribution in [0.4, 0.5) is 5.69 Å². The largest absolute Gasteiger partial charge is 0.372 e. The van der Waals surface area contributed by atoms with Crippen LogP contribution in [0.1, 0.15) is 75.1 Å². The number of imide groups is 1. The van der Waals surface area contributed by atoms with E-state index in [0.717, 1.165) is 42.4 Å². The Bertz CT molecular complexity index is 982. The summed E-state index contributed by atoms with van der Waals surface area (Å²) in [4.78, 5) is 31.1. The molecule has 0 saturated carbocycles. The van der Waals surface area contributed by atoms with E-state index in [2.05, 4.69) is 51.8 Å². The Balaban J connectivity index is 1.84. The van der Waals surface area contributed by atoms with Gasteiger partial charge >= 0.3 is 0 Å². The first-order valence-electron chi connectivity index (χ1n) is 11.1. The number of nitrogens with zero attached hydrogens (tertiary/aromatic N) is 2. The van der Waals surface area contributed by atoms with Crippen LogP contribution in [-0.4, -0.2) is 46.9 Å². The number of carbonyl (C=O) groups excluding carboxylic acids is 2. The minimum atomic E-state index is -0.159. The van der Waals surface area contributed by atoms with Crippen molar-refractivity contribution in [3.63, 3.8) is 0 Å². The second kappa shape index (κ2) is 7.09. The molecule has 0 bridgehead atoms. The summed E-state index contributed by atoms with van der Waals surface area (Å²) in [6.07, 6.45) is 1.49.